The molecule has 0 bridgehead atoms. The fraction of sp³-hybridized carbons (Fsp3) is 0.125. The molecule has 0 saturated heterocycles. The predicted octanol–water partition coefficient (Wildman–Crippen LogP) is 2.00. The number of halogens is 2. The van der Waals surface area contributed by atoms with Gasteiger partial charge >= 0.3 is 0 Å². The SMILES string of the molecule is N#C[C@H](N)c1cccc(Cl)c1F. The van der Waals surface area contributed by atoms with Crippen LogP contribution in [-0.4, -0.2) is 0 Å². The van der Waals surface area contributed by atoms with Crippen LogP contribution in [-0.2, 0) is 0 Å². The second kappa shape index (κ2) is 3.53. The summed E-state index contributed by atoms with van der Waals surface area (Å²) in [7, 11) is 0. The van der Waals surface area contributed by atoms with E-state index in [1.807, 2.05) is 0 Å². The molecule has 0 fully saturated rings. The zero-order valence-corrected chi connectivity index (χ0v) is 6.85. The lowest BCUT2D eigenvalue weighted by Gasteiger charge is -2.04. The Morgan fingerprint density at radius 1 is 1.58 bits per heavy atom. The minimum absolute atomic E-state index is 0.0156. The summed E-state index contributed by atoms with van der Waals surface area (Å²) >= 11 is 5.47. The van der Waals surface area contributed by atoms with E-state index in [1.165, 1.54) is 12.1 Å². The third-order valence-corrected chi connectivity index (χ3v) is 1.75. The standard InChI is InChI=1S/C8H6ClFN2/c9-6-3-1-2-5(8(6)10)7(12)4-11/h1-3,7H,12H2/t7-/m0/s1. The molecule has 12 heavy (non-hydrogen) atoms. The lowest BCUT2D eigenvalue weighted by atomic mass is 10.1. The van der Waals surface area contributed by atoms with Crippen LogP contribution in [0.5, 0.6) is 0 Å². The van der Waals surface area contributed by atoms with Crippen molar-refractivity contribution in [3.8, 4) is 6.07 Å². The summed E-state index contributed by atoms with van der Waals surface area (Å²) in [5.41, 5.74) is 5.43. The van der Waals surface area contributed by atoms with Gasteiger partial charge < -0.3 is 5.73 Å². The van der Waals surface area contributed by atoms with Crippen LogP contribution in [0.2, 0.25) is 5.02 Å². The van der Waals surface area contributed by atoms with Gasteiger partial charge in [-0.05, 0) is 6.07 Å². The number of nitriles is 1. The first-order valence-corrected chi connectivity index (χ1v) is 3.63. The highest BCUT2D eigenvalue weighted by Crippen LogP contribution is 2.21. The molecule has 0 aromatic heterocycles. The maximum atomic E-state index is 13.1. The summed E-state index contributed by atoms with van der Waals surface area (Å²) in [5.74, 6) is -0.617. The van der Waals surface area contributed by atoms with Gasteiger partial charge in [0.05, 0.1) is 11.1 Å². The summed E-state index contributed by atoms with van der Waals surface area (Å²) in [6.45, 7) is 0. The number of hydrogen-bond donors (Lipinski definition) is 1. The van der Waals surface area contributed by atoms with Crippen molar-refractivity contribution in [3.05, 3.63) is 34.6 Å². The minimum Gasteiger partial charge on any atom is -0.312 e. The van der Waals surface area contributed by atoms with Gasteiger partial charge in [-0.2, -0.15) is 5.26 Å². The first-order chi connectivity index (χ1) is 5.66. The Bertz CT molecular complexity index is 332. The lowest BCUT2D eigenvalue weighted by Crippen LogP contribution is -2.09. The Balaban J connectivity index is 3.18. The predicted molar refractivity (Wildman–Crippen MR) is 44.0 cm³/mol. The molecule has 0 saturated carbocycles. The van der Waals surface area contributed by atoms with Crippen molar-refractivity contribution in [3.63, 3.8) is 0 Å². The van der Waals surface area contributed by atoms with E-state index in [0.29, 0.717) is 0 Å². The lowest BCUT2D eigenvalue weighted by molar-refractivity contribution is 0.604. The monoisotopic (exact) mass is 184 g/mol. The highest BCUT2D eigenvalue weighted by atomic mass is 35.5. The van der Waals surface area contributed by atoms with Crippen LogP contribution < -0.4 is 5.73 Å². The molecule has 0 radical (unpaired) electrons. The van der Waals surface area contributed by atoms with Crippen LogP contribution in [0.25, 0.3) is 0 Å². The number of rotatable bonds is 1. The Labute approximate surface area is 74.4 Å². The molecule has 0 aliphatic carbocycles. The zero-order valence-electron chi connectivity index (χ0n) is 6.09. The first-order valence-electron chi connectivity index (χ1n) is 3.26. The first kappa shape index (κ1) is 8.98. The molecular formula is C8H6ClFN2. The van der Waals surface area contributed by atoms with E-state index in [-0.39, 0.29) is 10.6 Å². The van der Waals surface area contributed by atoms with E-state index in [0.717, 1.165) is 0 Å². The molecule has 1 aromatic carbocycles. The molecule has 4 heteroatoms. The molecule has 0 aliphatic heterocycles. The third-order valence-electron chi connectivity index (χ3n) is 1.46. The van der Waals surface area contributed by atoms with Crippen LogP contribution in [0.15, 0.2) is 18.2 Å². The maximum Gasteiger partial charge on any atom is 0.147 e. The van der Waals surface area contributed by atoms with Gasteiger partial charge in [0.2, 0.25) is 0 Å². The molecule has 0 heterocycles. The number of hydrogen-bond acceptors (Lipinski definition) is 2. The summed E-state index contributed by atoms with van der Waals surface area (Å²) in [5, 5.41) is 8.40. The molecule has 0 amide bonds. The molecule has 62 valence electrons. The number of nitrogens with two attached hydrogens (primary N) is 1. The summed E-state index contributed by atoms with van der Waals surface area (Å²) in [4.78, 5) is 0. The Kier molecular flexibility index (Phi) is 2.64. The summed E-state index contributed by atoms with van der Waals surface area (Å²) in [6, 6.07) is 5.17. The molecule has 1 atom stereocenters. The molecule has 2 N–H and O–H groups in total. The Hall–Kier alpha value is -1.11. The quantitative estimate of drug-likeness (QED) is 0.726. The smallest absolute Gasteiger partial charge is 0.147 e. The van der Waals surface area contributed by atoms with Gasteiger partial charge in [-0.3, -0.25) is 0 Å². The molecule has 0 aliphatic rings. The van der Waals surface area contributed by atoms with E-state index in [4.69, 9.17) is 22.6 Å². The number of nitrogens with zero attached hydrogens (tertiary/aromatic N) is 1. The fourth-order valence-corrected chi connectivity index (χ4v) is 1.01. The van der Waals surface area contributed by atoms with Gasteiger partial charge in [0.15, 0.2) is 0 Å². The van der Waals surface area contributed by atoms with Crippen molar-refractivity contribution >= 4 is 11.6 Å². The molecule has 1 rings (SSSR count). The summed E-state index contributed by atoms with van der Waals surface area (Å²) < 4.78 is 13.1. The van der Waals surface area contributed by atoms with Gasteiger partial charge in [-0.15, -0.1) is 0 Å². The van der Waals surface area contributed by atoms with Gasteiger partial charge in [-0.25, -0.2) is 4.39 Å². The van der Waals surface area contributed by atoms with E-state index < -0.39 is 11.9 Å². The molecule has 2 nitrogen and oxygen atoms in total. The van der Waals surface area contributed by atoms with Crippen molar-refractivity contribution in [2.75, 3.05) is 0 Å². The molecular weight excluding hydrogens is 179 g/mol. The summed E-state index contributed by atoms with van der Waals surface area (Å²) in [6.07, 6.45) is 0. The van der Waals surface area contributed by atoms with E-state index >= 15 is 0 Å². The van der Waals surface area contributed by atoms with Gasteiger partial charge in [0.1, 0.15) is 11.9 Å². The second-order valence-corrected chi connectivity index (χ2v) is 2.66. The van der Waals surface area contributed by atoms with Crippen molar-refractivity contribution in [2.45, 2.75) is 6.04 Å². The van der Waals surface area contributed by atoms with Gasteiger partial charge in [0, 0.05) is 5.56 Å². The highest BCUT2D eigenvalue weighted by molar-refractivity contribution is 6.30. The maximum absolute atomic E-state index is 13.1. The Morgan fingerprint density at radius 2 is 2.25 bits per heavy atom. The molecule has 0 unspecified atom stereocenters. The fourth-order valence-electron chi connectivity index (χ4n) is 0.830. The average Bonchev–Trinajstić information content (AvgIpc) is 2.08. The van der Waals surface area contributed by atoms with Crippen molar-refractivity contribution in [1.29, 1.82) is 5.26 Å². The normalized spacial score (nSPS) is 12.2. The van der Waals surface area contributed by atoms with Gasteiger partial charge in [-0.1, -0.05) is 23.7 Å². The van der Waals surface area contributed by atoms with Crippen LogP contribution >= 0.6 is 11.6 Å². The third kappa shape index (κ3) is 1.55. The minimum atomic E-state index is -0.955. The zero-order chi connectivity index (χ0) is 9.14. The highest BCUT2D eigenvalue weighted by Gasteiger charge is 2.11. The van der Waals surface area contributed by atoms with Crippen molar-refractivity contribution in [2.24, 2.45) is 5.73 Å². The largest absolute Gasteiger partial charge is 0.312 e. The van der Waals surface area contributed by atoms with Crippen molar-refractivity contribution < 1.29 is 4.39 Å². The van der Waals surface area contributed by atoms with Crippen LogP contribution in [0.1, 0.15) is 11.6 Å². The van der Waals surface area contributed by atoms with E-state index in [9.17, 15) is 4.39 Å². The van der Waals surface area contributed by atoms with E-state index in [2.05, 4.69) is 0 Å². The second-order valence-electron chi connectivity index (χ2n) is 2.25. The van der Waals surface area contributed by atoms with E-state index in [1.54, 1.807) is 12.1 Å². The van der Waals surface area contributed by atoms with Crippen LogP contribution in [0.3, 0.4) is 0 Å². The molecule has 1 aromatic rings. The van der Waals surface area contributed by atoms with Crippen LogP contribution in [0, 0.1) is 17.1 Å². The van der Waals surface area contributed by atoms with Crippen molar-refractivity contribution in [1.82, 2.24) is 0 Å². The topological polar surface area (TPSA) is 49.8 Å². The van der Waals surface area contributed by atoms with Crippen LogP contribution in [0.4, 0.5) is 4.39 Å². The Morgan fingerprint density at radius 3 is 2.83 bits per heavy atom. The average molecular weight is 185 g/mol. The molecule has 0 spiro atoms. The number of benzene rings is 1. The van der Waals surface area contributed by atoms with Gasteiger partial charge in [0.25, 0.3) is 0 Å².